The lowest BCUT2D eigenvalue weighted by Crippen LogP contribution is -2.52. The Balaban J connectivity index is 1.77. The van der Waals surface area contributed by atoms with E-state index < -0.39 is 29.7 Å². The zero-order chi connectivity index (χ0) is 21.3. The number of methoxy groups -OCH3 is 1. The van der Waals surface area contributed by atoms with E-state index in [4.69, 9.17) is 4.42 Å². The van der Waals surface area contributed by atoms with Crippen molar-refractivity contribution < 1.29 is 28.3 Å². The highest BCUT2D eigenvalue weighted by Crippen LogP contribution is 2.27. The van der Waals surface area contributed by atoms with E-state index in [1.807, 2.05) is 0 Å². The lowest BCUT2D eigenvalue weighted by Gasteiger charge is -2.28. The zero-order valence-corrected chi connectivity index (χ0v) is 16.6. The first-order chi connectivity index (χ1) is 13.8. The van der Waals surface area contributed by atoms with Crippen molar-refractivity contribution in [3.8, 4) is 0 Å². The summed E-state index contributed by atoms with van der Waals surface area (Å²) in [5.74, 6) is -1.55. The van der Waals surface area contributed by atoms with Crippen LogP contribution in [-0.4, -0.2) is 41.7 Å². The molecule has 1 N–H and O–H groups in total. The summed E-state index contributed by atoms with van der Waals surface area (Å²) in [7, 11) is 1.27. The molecule has 3 rings (SSSR count). The summed E-state index contributed by atoms with van der Waals surface area (Å²) in [5, 5.41) is 2.69. The summed E-state index contributed by atoms with van der Waals surface area (Å²) < 4.78 is 10.2. The van der Waals surface area contributed by atoms with Gasteiger partial charge < -0.3 is 14.5 Å². The first-order valence-electron chi connectivity index (χ1n) is 9.18. The average Bonchev–Trinajstić information content (AvgIpc) is 3.19. The van der Waals surface area contributed by atoms with Crippen LogP contribution in [0.15, 0.2) is 34.7 Å². The van der Waals surface area contributed by atoms with Crippen LogP contribution in [0.3, 0.4) is 0 Å². The number of hydrogen-bond donors (Lipinski definition) is 1. The van der Waals surface area contributed by atoms with Crippen LogP contribution in [-0.2, 0) is 16.1 Å². The Morgan fingerprint density at radius 1 is 1.14 bits per heavy atom. The lowest BCUT2D eigenvalue weighted by molar-refractivity contribution is -0.126. The number of nitrogens with one attached hydrogen (secondary N) is 1. The van der Waals surface area contributed by atoms with Crippen LogP contribution < -0.4 is 5.32 Å². The number of hydrogen-bond acceptors (Lipinski definition) is 6. The fourth-order valence-electron chi connectivity index (χ4n) is 3.40. The van der Waals surface area contributed by atoms with E-state index in [0.29, 0.717) is 22.6 Å². The average molecular weight is 398 g/mol. The van der Waals surface area contributed by atoms with Crippen molar-refractivity contribution in [3.63, 3.8) is 0 Å². The minimum absolute atomic E-state index is 0.00303. The number of amides is 3. The number of rotatable bonds is 6. The second-order valence-corrected chi connectivity index (χ2v) is 7.11. The van der Waals surface area contributed by atoms with Gasteiger partial charge in [-0.15, -0.1) is 0 Å². The number of benzene rings is 1. The smallest absolute Gasteiger partial charge is 0.341 e. The number of nitrogens with zero attached hydrogens (tertiary/aromatic N) is 1. The molecule has 3 amide bonds. The Morgan fingerprint density at radius 2 is 1.72 bits per heavy atom. The van der Waals surface area contributed by atoms with E-state index in [2.05, 4.69) is 10.1 Å². The molecule has 1 aromatic carbocycles. The van der Waals surface area contributed by atoms with Gasteiger partial charge in [0.2, 0.25) is 5.91 Å². The summed E-state index contributed by atoms with van der Waals surface area (Å²) in [5.41, 5.74) is 0.859. The minimum Gasteiger partial charge on any atom is -0.465 e. The van der Waals surface area contributed by atoms with Gasteiger partial charge in [0.25, 0.3) is 11.8 Å². The molecule has 0 saturated carbocycles. The van der Waals surface area contributed by atoms with Gasteiger partial charge in [0.15, 0.2) is 0 Å². The Labute approximate surface area is 167 Å². The number of imide groups is 1. The molecule has 0 aliphatic carbocycles. The first kappa shape index (κ1) is 20.3. The van der Waals surface area contributed by atoms with Crippen molar-refractivity contribution in [2.24, 2.45) is 5.92 Å². The number of carbonyl (C=O) groups excluding carboxylic acids is 4. The largest absolute Gasteiger partial charge is 0.465 e. The molecule has 2 heterocycles. The van der Waals surface area contributed by atoms with E-state index >= 15 is 0 Å². The maximum Gasteiger partial charge on any atom is 0.341 e. The molecule has 152 valence electrons. The molecule has 0 saturated heterocycles. The fourth-order valence-corrected chi connectivity index (χ4v) is 3.40. The monoisotopic (exact) mass is 398 g/mol. The SMILES string of the molecule is COC(=O)c1cc(CNC(=O)C(C(C)C)N2C(=O)c3ccccc3C2=O)oc1C. The maximum atomic E-state index is 12.9. The second kappa shape index (κ2) is 7.90. The third-order valence-corrected chi connectivity index (χ3v) is 4.81. The lowest BCUT2D eigenvalue weighted by atomic mass is 10.0. The third kappa shape index (κ3) is 3.65. The molecular formula is C21H22N2O6. The quantitative estimate of drug-likeness (QED) is 0.591. The summed E-state index contributed by atoms with van der Waals surface area (Å²) >= 11 is 0. The molecule has 0 radical (unpaired) electrons. The van der Waals surface area contributed by atoms with Gasteiger partial charge in [-0.1, -0.05) is 26.0 Å². The standard InChI is InChI=1S/C21H22N2O6/c1-11(2)17(23-19(25)14-7-5-6-8-15(14)20(23)26)18(24)22-10-13-9-16(12(3)29-13)21(27)28-4/h5-9,11,17H,10H2,1-4H3,(H,22,24). The molecule has 2 aromatic rings. The molecule has 1 aromatic heterocycles. The highest BCUT2D eigenvalue weighted by Gasteiger charge is 2.43. The summed E-state index contributed by atoms with van der Waals surface area (Å²) in [6.07, 6.45) is 0. The number of carbonyl (C=O) groups is 4. The molecule has 8 heteroatoms. The molecular weight excluding hydrogens is 376 g/mol. The van der Waals surface area contributed by atoms with Crippen molar-refractivity contribution in [2.75, 3.05) is 7.11 Å². The number of esters is 1. The molecule has 1 aliphatic heterocycles. The van der Waals surface area contributed by atoms with E-state index in [0.717, 1.165) is 4.90 Å². The van der Waals surface area contributed by atoms with Crippen molar-refractivity contribution >= 4 is 23.7 Å². The van der Waals surface area contributed by atoms with Crippen LogP contribution in [0.25, 0.3) is 0 Å². The Morgan fingerprint density at radius 3 is 2.24 bits per heavy atom. The van der Waals surface area contributed by atoms with E-state index in [1.54, 1.807) is 45.0 Å². The molecule has 0 fully saturated rings. The molecule has 1 unspecified atom stereocenters. The van der Waals surface area contributed by atoms with E-state index in [9.17, 15) is 19.2 Å². The molecule has 8 nitrogen and oxygen atoms in total. The van der Waals surface area contributed by atoms with Crippen LogP contribution in [0.5, 0.6) is 0 Å². The summed E-state index contributed by atoms with van der Waals surface area (Å²) in [4.78, 5) is 51.1. The Hall–Kier alpha value is -3.42. The maximum absolute atomic E-state index is 12.9. The van der Waals surface area contributed by atoms with Gasteiger partial charge in [-0.05, 0) is 31.0 Å². The Kier molecular flexibility index (Phi) is 5.54. The topological polar surface area (TPSA) is 106 Å². The minimum atomic E-state index is -0.974. The molecule has 0 spiro atoms. The van der Waals surface area contributed by atoms with Crippen LogP contribution >= 0.6 is 0 Å². The number of ether oxygens (including phenoxy) is 1. The number of furan rings is 1. The van der Waals surface area contributed by atoms with Gasteiger partial charge in [-0.2, -0.15) is 0 Å². The molecule has 1 aliphatic rings. The van der Waals surface area contributed by atoms with Gasteiger partial charge >= 0.3 is 5.97 Å². The van der Waals surface area contributed by atoms with Gasteiger partial charge in [0.05, 0.1) is 24.8 Å². The third-order valence-electron chi connectivity index (χ3n) is 4.81. The van der Waals surface area contributed by atoms with Crippen molar-refractivity contribution in [3.05, 3.63) is 58.5 Å². The predicted octanol–water partition coefficient (Wildman–Crippen LogP) is 2.31. The van der Waals surface area contributed by atoms with Gasteiger partial charge in [0, 0.05) is 0 Å². The zero-order valence-electron chi connectivity index (χ0n) is 16.6. The molecule has 0 bridgehead atoms. The predicted molar refractivity (Wildman–Crippen MR) is 102 cm³/mol. The van der Waals surface area contributed by atoms with Gasteiger partial charge in [0.1, 0.15) is 23.1 Å². The number of fused-ring (bicyclic) bond motifs is 1. The molecule has 1 atom stereocenters. The van der Waals surface area contributed by atoms with E-state index in [1.165, 1.54) is 13.2 Å². The van der Waals surface area contributed by atoms with E-state index in [-0.39, 0.29) is 18.0 Å². The number of aryl methyl sites for hydroxylation is 1. The fraction of sp³-hybridized carbons (Fsp3) is 0.333. The van der Waals surface area contributed by atoms with Crippen LogP contribution in [0.2, 0.25) is 0 Å². The summed E-state index contributed by atoms with van der Waals surface area (Å²) in [6, 6.07) is 7.02. The van der Waals surface area contributed by atoms with Crippen LogP contribution in [0, 0.1) is 12.8 Å². The second-order valence-electron chi connectivity index (χ2n) is 7.11. The van der Waals surface area contributed by atoms with Gasteiger partial charge in [-0.3, -0.25) is 19.3 Å². The highest BCUT2D eigenvalue weighted by atomic mass is 16.5. The van der Waals surface area contributed by atoms with Crippen molar-refractivity contribution in [2.45, 2.75) is 33.4 Å². The van der Waals surface area contributed by atoms with Crippen molar-refractivity contribution in [1.82, 2.24) is 10.2 Å². The van der Waals surface area contributed by atoms with Crippen LogP contribution in [0.1, 0.15) is 56.4 Å². The molecule has 29 heavy (non-hydrogen) atoms. The highest BCUT2D eigenvalue weighted by molar-refractivity contribution is 6.22. The Bertz CT molecular complexity index is 956. The summed E-state index contributed by atoms with van der Waals surface area (Å²) in [6.45, 7) is 5.15. The first-order valence-corrected chi connectivity index (χ1v) is 9.18. The van der Waals surface area contributed by atoms with Crippen molar-refractivity contribution in [1.29, 1.82) is 0 Å². The normalized spacial score (nSPS) is 14.2. The van der Waals surface area contributed by atoms with Gasteiger partial charge in [-0.25, -0.2) is 4.79 Å². The van der Waals surface area contributed by atoms with Crippen LogP contribution in [0.4, 0.5) is 0 Å².